The summed E-state index contributed by atoms with van der Waals surface area (Å²) in [6, 6.07) is 16.2. The van der Waals surface area contributed by atoms with Crippen LogP contribution in [0, 0.1) is 0 Å². The van der Waals surface area contributed by atoms with Crippen LogP contribution >= 0.6 is 11.6 Å². The lowest BCUT2D eigenvalue weighted by Gasteiger charge is -2.18. The Bertz CT molecular complexity index is 585. The number of anilines is 1. The molecule has 0 radical (unpaired) electrons. The third-order valence-corrected chi connectivity index (χ3v) is 3.71. The summed E-state index contributed by atoms with van der Waals surface area (Å²) in [6.07, 6.45) is 1.22. The van der Waals surface area contributed by atoms with Crippen molar-refractivity contribution in [2.24, 2.45) is 0 Å². The predicted octanol–water partition coefficient (Wildman–Crippen LogP) is 5.69. The first-order valence-electron chi connectivity index (χ1n) is 7.37. The minimum Gasteiger partial charge on any atom is -0.491 e. The number of halogens is 1. The second kappa shape index (κ2) is 7.37. The van der Waals surface area contributed by atoms with E-state index in [1.807, 2.05) is 42.5 Å². The lowest BCUT2D eigenvalue weighted by Crippen LogP contribution is -2.10. The number of benzene rings is 2. The molecule has 0 aromatic heterocycles. The van der Waals surface area contributed by atoms with Crippen LogP contribution in [0.5, 0.6) is 5.75 Å². The quantitative estimate of drug-likeness (QED) is 0.740. The van der Waals surface area contributed by atoms with Gasteiger partial charge in [-0.2, -0.15) is 0 Å². The summed E-state index contributed by atoms with van der Waals surface area (Å²) >= 11 is 6.04. The average molecular weight is 304 g/mol. The van der Waals surface area contributed by atoms with Gasteiger partial charge in [0.05, 0.1) is 6.10 Å². The summed E-state index contributed by atoms with van der Waals surface area (Å²) in [5, 5.41) is 4.24. The van der Waals surface area contributed by atoms with Gasteiger partial charge in [0.2, 0.25) is 0 Å². The predicted molar refractivity (Wildman–Crippen MR) is 90.3 cm³/mol. The SMILES string of the molecule is CCC(C)Oc1cccc(NC(C)c2cccc(Cl)c2)c1. The second-order valence-corrected chi connectivity index (χ2v) is 5.72. The molecule has 0 aliphatic heterocycles. The highest BCUT2D eigenvalue weighted by molar-refractivity contribution is 6.30. The normalized spacial score (nSPS) is 13.5. The molecule has 0 saturated carbocycles. The number of hydrogen-bond acceptors (Lipinski definition) is 2. The van der Waals surface area contributed by atoms with Gasteiger partial charge in [0.15, 0.2) is 0 Å². The van der Waals surface area contributed by atoms with E-state index in [9.17, 15) is 0 Å². The van der Waals surface area contributed by atoms with Crippen LogP contribution in [0.2, 0.25) is 5.02 Å². The Kier molecular flexibility index (Phi) is 5.51. The highest BCUT2D eigenvalue weighted by Gasteiger charge is 2.07. The molecule has 0 spiro atoms. The summed E-state index contributed by atoms with van der Waals surface area (Å²) < 4.78 is 5.85. The fourth-order valence-electron chi connectivity index (χ4n) is 2.08. The molecule has 0 aliphatic carbocycles. The molecule has 21 heavy (non-hydrogen) atoms. The maximum atomic E-state index is 6.04. The van der Waals surface area contributed by atoms with Gasteiger partial charge in [-0.05, 0) is 50.1 Å². The largest absolute Gasteiger partial charge is 0.491 e. The van der Waals surface area contributed by atoms with Crippen molar-refractivity contribution in [1.29, 1.82) is 0 Å². The van der Waals surface area contributed by atoms with Gasteiger partial charge in [0.1, 0.15) is 5.75 Å². The molecule has 2 nitrogen and oxygen atoms in total. The lowest BCUT2D eigenvalue weighted by molar-refractivity contribution is 0.217. The van der Waals surface area contributed by atoms with Crippen LogP contribution in [0.3, 0.4) is 0 Å². The van der Waals surface area contributed by atoms with Crippen LogP contribution in [-0.4, -0.2) is 6.10 Å². The number of rotatable bonds is 6. The third-order valence-electron chi connectivity index (χ3n) is 3.48. The first-order chi connectivity index (χ1) is 10.1. The van der Waals surface area contributed by atoms with Crippen LogP contribution in [-0.2, 0) is 0 Å². The molecule has 0 saturated heterocycles. The Morgan fingerprint density at radius 3 is 2.57 bits per heavy atom. The molecule has 2 rings (SSSR count). The van der Waals surface area contributed by atoms with Gasteiger partial charge in [-0.3, -0.25) is 0 Å². The molecule has 0 fully saturated rings. The smallest absolute Gasteiger partial charge is 0.121 e. The van der Waals surface area contributed by atoms with Crippen molar-refractivity contribution in [3.63, 3.8) is 0 Å². The summed E-state index contributed by atoms with van der Waals surface area (Å²) in [5.41, 5.74) is 2.21. The first kappa shape index (κ1) is 15.7. The molecule has 0 bridgehead atoms. The van der Waals surface area contributed by atoms with Crippen molar-refractivity contribution in [2.45, 2.75) is 39.3 Å². The van der Waals surface area contributed by atoms with Gasteiger partial charge in [0.25, 0.3) is 0 Å². The van der Waals surface area contributed by atoms with Gasteiger partial charge >= 0.3 is 0 Å². The molecule has 2 unspecified atom stereocenters. The van der Waals surface area contributed by atoms with Crippen molar-refractivity contribution in [2.75, 3.05) is 5.32 Å². The molecule has 0 heterocycles. The monoisotopic (exact) mass is 303 g/mol. The molecule has 0 aliphatic rings. The molecular formula is C18H22ClNO. The van der Waals surface area contributed by atoms with E-state index in [-0.39, 0.29) is 12.1 Å². The van der Waals surface area contributed by atoms with Crippen LogP contribution in [0.4, 0.5) is 5.69 Å². The Morgan fingerprint density at radius 2 is 1.86 bits per heavy atom. The Hall–Kier alpha value is -1.67. The van der Waals surface area contributed by atoms with Crippen LogP contribution in [0.1, 0.15) is 38.8 Å². The topological polar surface area (TPSA) is 21.3 Å². The molecule has 0 amide bonds. The highest BCUT2D eigenvalue weighted by atomic mass is 35.5. The van der Waals surface area contributed by atoms with E-state index < -0.39 is 0 Å². The molecule has 2 aromatic rings. The minimum absolute atomic E-state index is 0.183. The van der Waals surface area contributed by atoms with Gasteiger partial charge in [-0.15, -0.1) is 0 Å². The van der Waals surface area contributed by atoms with E-state index in [0.29, 0.717) is 0 Å². The fraction of sp³-hybridized carbons (Fsp3) is 0.333. The first-order valence-corrected chi connectivity index (χ1v) is 7.75. The zero-order chi connectivity index (χ0) is 15.2. The Morgan fingerprint density at radius 1 is 1.10 bits per heavy atom. The van der Waals surface area contributed by atoms with Gasteiger partial charge in [-0.1, -0.05) is 36.7 Å². The summed E-state index contributed by atoms with van der Waals surface area (Å²) in [6.45, 7) is 6.32. The molecular weight excluding hydrogens is 282 g/mol. The summed E-state index contributed by atoms with van der Waals surface area (Å²) in [7, 11) is 0. The Balaban J connectivity index is 2.07. The lowest BCUT2D eigenvalue weighted by atomic mass is 10.1. The zero-order valence-corrected chi connectivity index (χ0v) is 13.5. The third kappa shape index (κ3) is 4.68. The fourth-order valence-corrected chi connectivity index (χ4v) is 2.28. The van der Waals surface area contributed by atoms with Crippen LogP contribution in [0.25, 0.3) is 0 Å². The van der Waals surface area contributed by atoms with E-state index in [0.717, 1.165) is 28.4 Å². The summed E-state index contributed by atoms with van der Waals surface area (Å²) in [4.78, 5) is 0. The number of hydrogen-bond donors (Lipinski definition) is 1. The van der Waals surface area contributed by atoms with E-state index in [1.165, 1.54) is 0 Å². The highest BCUT2D eigenvalue weighted by Crippen LogP contribution is 2.25. The summed E-state index contributed by atoms with van der Waals surface area (Å²) in [5.74, 6) is 0.896. The van der Waals surface area contributed by atoms with Crippen molar-refractivity contribution in [3.8, 4) is 5.75 Å². The van der Waals surface area contributed by atoms with Crippen LogP contribution in [0.15, 0.2) is 48.5 Å². The van der Waals surface area contributed by atoms with Gasteiger partial charge in [-0.25, -0.2) is 0 Å². The second-order valence-electron chi connectivity index (χ2n) is 5.29. The molecule has 2 atom stereocenters. The van der Waals surface area contributed by atoms with Crippen molar-refractivity contribution in [3.05, 3.63) is 59.1 Å². The average Bonchev–Trinajstić information content (AvgIpc) is 2.47. The Labute approximate surface area is 132 Å². The van der Waals surface area contributed by atoms with Gasteiger partial charge < -0.3 is 10.1 Å². The van der Waals surface area contributed by atoms with Gasteiger partial charge in [0, 0.05) is 22.8 Å². The molecule has 112 valence electrons. The molecule has 2 aromatic carbocycles. The maximum Gasteiger partial charge on any atom is 0.121 e. The van der Waals surface area contributed by atoms with E-state index in [4.69, 9.17) is 16.3 Å². The number of nitrogens with one attached hydrogen (secondary N) is 1. The van der Waals surface area contributed by atoms with Crippen molar-refractivity contribution >= 4 is 17.3 Å². The molecule has 3 heteroatoms. The molecule has 1 N–H and O–H groups in total. The number of ether oxygens (including phenoxy) is 1. The minimum atomic E-state index is 0.183. The zero-order valence-electron chi connectivity index (χ0n) is 12.8. The van der Waals surface area contributed by atoms with Crippen molar-refractivity contribution < 1.29 is 4.74 Å². The van der Waals surface area contributed by atoms with E-state index in [2.05, 4.69) is 32.2 Å². The van der Waals surface area contributed by atoms with E-state index >= 15 is 0 Å². The maximum absolute atomic E-state index is 6.04. The van der Waals surface area contributed by atoms with Crippen LogP contribution < -0.4 is 10.1 Å². The standard InChI is InChI=1S/C18H22ClNO/c1-4-13(2)21-18-10-6-9-17(12-18)20-14(3)15-7-5-8-16(19)11-15/h5-14,20H,4H2,1-3H3. The van der Waals surface area contributed by atoms with Crippen molar-refractivity contribution in [1.82, 2.24) is 0 Å². The van der Waals surface area contributed by atoms with E-state index in [1.54, 1.807) is 0 Å².